The highest BCUT2D eigenvalue weighted by atomic mass is 16.5. The number of amides is 2. The molecule has 0 unspecified atom stereocenters. The second-order valence-electron chi connectivity index (χ2n) is 7.51. The number of aliphatic hydroxyl groups excluding tert-OH is 1. The van der Waals surface area contributed by atoms with E-state index in [1.54, 1.807) is 0 Å². The van der Waals surface area contributed by atoms with E-state index in [1.807, 2.05) is 17.9 Å². The van der Waals surface area contributed by atoms with Crippen molar-refractivity contribution in [1.29, 1.82) is 0 Å². The highest BCUT2D eigenvalue weighted by Crippen LogP contribution is 2.26. The lowest BCUT2D eigenvalue weighted by Gasteiger charge is -2.36. The number of rotatable bonds is 5. The van der Waals surface area contributed by atoms with E-state index in [1.165, 1.54) is 23.9 Å². The molecule has 7 heteroatoms. The Hall–Kier alpha value is -2.80. The van der Waals surface area contributed by atoms with E-state index in [0.717, 1.165) is 24.3 Å². The molecule has 1 aliphatic heterocycles. The standard InChI is InChI=1S/C22H30N4O3/c1-15-11-16(2)13-19(12-15)25-6-8-26(9-7-25)22(28)24-20-14-18(5-10-27)17(3)23-21(20)29-4/h11-14,27H,5-10H2,1-4H3,(H,24,28). The van der Waals surface area contributed by atoms with Crippen molar-refractivity contribution >= 4 is 17.4 Å². The largest absolute Gasteiger partial charge is 0.480 e. The van der Waals surface area contributed by atoms with Gasteiger partial charge >= 0.3 is 6.03 Å². The van der Waals surface area contributed by atoms with Gasteiger partial charge in [-0.1, -0.05) is 6.07 Å². The molecule has 3 rings (SSSR count). The summed E-state index contributed by atoms with van der Waals surface area (Å²) in [4.78, 5) is 21.3. The quantitative estimate of drug-likeness (QED) is 0.810. The summed E-state index contributed by atoms with van der Waals surface area (Å²) in [6, 6.07) is 8.22. The number of carbonyl (C=O) groups excluding carboxylic acids is 1. The van der Waals surface area contributed by atoms with E-state index in [2.05, 4.69) is 47.2 Å². The van der Waals surface area contributed by atoms with Crippen LogP contribution in [0.1, 0.15) is 22.4 Å². The van der Waals surface area contributed by atoms with Crippen LogP contribution < -0.4 is 15.0 Å². The van der Waals surface area contributed by atoms with E-state index in [4.69, 9.17) is 4.74 Å². The number of hydrogen-bond donors (Lipinski definition) is 2. The van der Waals surface area contributed by atoms with E-state index >= 15 is 0 Å². The number of aliphatic hydroxyl groups is 1. The first kappa shape index (κ1) is 20.9. The van der Waals surface area contributed by atoms with Gasteiger partial charge in [0.05, 0.1) is 7.11 Å². The lowest BCUT2D eigenvalue weighted by Crippen LogP contribution is -2.50. The van der Waals surface area contributed by atoms with Gasteiger partial charge in [0, 0.05) is 44.2 Å². The topological polar surface area (TPSA) is 77.9 Å². The maximum atomic E-state index is 12.8. The zero-order valence-corrected chi connectivity index (χ0v) is 17.7. The van der Waals surface area contributed by atoms with Crippen molar-refractivity contribution in [2.75, 3.05) is 50.1 Å². The molecule has 1 saturated heterocycles. The molecule has 2 N–H and O–H groups in total. The predicted octanol–water partition coefficient (Wildman–Crippen LogP) is 2.90. The summed E-state index contributed by atoms with van der Waals surface area (Å²) in [5.41, 5.74) is 5.92. The summed E-state index contributed by atoms with van der Waals surface area (Å²) < 4.78 is 5.33. The van der Waals surface area contributed by atoms with Gasteiger partial charge in [-0.05, 0) is 62.1 Å². The van der Waals surface area contributed by atoms with Crippen molar-refractivity contribution in [2.24, 2.45) is 0 Å². The lowest BCUT2D eigenvalue weighted by atomic mass is 10.1. The van der Waals surface area contributed by atoms with Crippen molar-refractivity contribution in [2.45, 2.75) is 27.2 Å². The first-order chi connectivity index (χ1) is 13.9. The van der Waals surface area contributed by atoms with Gasteiger partial charge in [-0.15, -0.1) is 0 Å². The van der Waals surface area contributed by atoms with Crippen LogP contribution in [0.4, 0.5) is 16.2 Å². The van der Waals surface area contributed by atoms with Crippen LogP contribution in [0.5, 0.6) is 5.88 Å². The Kier molecular flexibility index (Phi) is 6.59. The van der Waals surface area contributed by atoms with Crippen molar-refractivity contribution in [3.05, 3.63) is 46.6 Å². The number of aromatic nitrogens is 1. The number of pyridine rings is 1. The number of nitrogens with one attached hydrogen (secondary N) is 1. The molecule has 1 aromatic heterocycles. The first-order valence-electron chi connectivity index (χ1n) is 9.96. The smallest absolute Gasteiger partial charge is 0.322 e. The molecule has 156 valence electrons. The third-order valence-electron chi connectivity index (χ3n) is 5.24. The average molecular weight is 399 g/mol. The van der Waals surface area contributed by atoms with E-state index in [-0.39, 0.29) is 12.6 Å². The van der Waals surface area contributed by atoms with Gasteiger partial charge in [0.1, 0.15) is 5.69 Å². The molecule has 0 atom stereocenters. The molecule has 2 aromatic rings. The molecule has 0 saturated carbocycles. The summed E-state index contributed by atoms with van der Waals surface area (Å²) in [5, 5.41) is 12.2. The minimum absolute atomic E-state index is 0.0304. The van der Waals surface area contributed by atoms with Gasteiger partial charge in [0.2, 0.25) is 5.88 Å². The zero-order chi connectivity index (χ0) is 21.0. The van der Waals surface area contributed by atoms with Crippen LogP contribution in [0.3, 0.4) is 0 Å². The fraction of sp³-hybridized carbons (Fsp3) is 0.455. The monoisotopic (exact) mass is 398 g/mol. The number of methoxy groups -OCH3 is 1. The summed E-state index contributed by atoms with van der Waals surface area (Å²) in [7, 11) is 1.53. The number of piperazine rings is 1. The Morgan fingerprint density at radius 3 is 2.34 bits per heavy atom. The van der Waals surface area contributed by atoms with Gasteiger partial charge in [0.15, 0.2) is 0 Å². The fourth-order valence-electron chi connectivity index (χ4n) is 3.74. The molecular formula is C22H30N4O3. The molecule has 0 aliphatic carbocycles. The second kappa shape index (κ2) is 9.13. The fourth-order valence-corrected chi connectivity index (χ4v) is 3.74. The predicted molar refractivity (Wildman–Crippen MR) is 115 cm³/mol. The molecule has 0 spiro atoms. The van der Waals surface area contributed by atoms with Crippen molar-refractivity contribution in [3.8, 4) is 5.88 Å². The van der Waals surface area contributed by atoms with E-state index in [9.17, 15) is 9.90 Å². The highest BCUT2D eigenvalue weighted by molar-refractivity contribution is 5.91. The normalized spacial score (nSPS) is 14.1. The third-order valence-corrected chi connectivity index (χ3v) is 5.24. The van der Waals surface area contributed by atoms with Crippen LogP contribution in [-0.2, 0) is 6.42 Å². The number of nitrogens with zero attached hydrogens (tertiary/aromatic N) is 3. The summed E-state index contributed by atoms with van der Waals surface area (Å²) in [6.07, 6.45) is 0.486. The number of carbonyl (C=O) groups is 1. The first-order valence-corrected chi connectivity index (χ1v) is 9.96. The van der Waals surface area contributed by atoms with Crippen molar-refractivity contribution < 1.29 is 14.6 Å². The highest BCUT2D eigenvalue weighted by Gasteiger charge is 2.23. The molecule has 1 aromatic carbocycles. The lowest BCUT2D eigenvalue weighted by molar-refractivity contribution is 0.208. The van der Waals surface area contributed by atoms with Crippen LogP contribution in [0.15, 0.2) is 24.3 Å². The summed E-state index contributed by atoms with van der Waals surface area (Å²) >= 11 is 0. The number of benzene rings is 1. The Bertz CT molecular complexity index is 856. The van der Waals surface area contributed by atoms with Crippen molar-refractivity contribution in [1.82, 2.24) is 9.88 Å². The molecule has 1 fully saturated rings. The summed E-state index contributed by atoms with van der Waals surface area (Å²) in [6.45, 7) is 8.97. The van der Waals surface area contributed by atoms with E-state index in [0.29, 0.717) is 31.1 Å². The minimum Gasteiger partial charge on any atom is -0.480 e. The number of aryl methyl sites for hydroxylation is 3. The second-order valence-corrected chi connectivity index (χ2v) is 7.51. The van der Waals surface area contributed by atoms with Gasteiger partial charge in [0.25, 0.3) is 0 Å². The number of anilines is 2. The average Bonchev–Trinajstić information content (AvgIpc) is 2.69. The maximum Gasteiger partial charge on any atom is 0.322 e. The molecule has 7 nitrogen and oxygen atoms in total. The van der Waals surface area contributed by atoms with Crippen LogP contribution in [-0.4, -0.2) is 60.9 Å². The number of ether oxygens (including phenoxy) is 1. The minimum atomic E-state index is -0.163. The Balaban J connectivity index is 1.66. The Labute approximate surface area is 172 Å². The molecule has 2 heterocycles. The number of hydrogen-bond acceptors (Lipinski definition) is 5. The van der Waals surface area contributed by atoms with Gasteiger partial charge in [-0.2, -0.15) is 0 Å². The zero-order valence-electron chi connectivity index (χ0n) is 17.7. The molecular weight excluding hydrogens is 368 g/mol. The Morgan fingerprint density at radius 1 is 1.10 bits per heavy atom. The van der Waals surface area contributed by atoms with Crippen LogP contribution in [0.2, 0.25) is 0 Å². The molecule has 2 amide bonds. The SMILES string of the molecule is COc1nc(C)c(CCO)cc1NC(=O)N1CCN(c2cc(C)cc(C)c2)CC1. The maximum absolute atomic E-state index is 12.8. The molecule has 0 radical (unpaired) electrons. The third kappa shape index (κ3) is 4.98. The molecule has 0 bridgehead atoms. The van der Waals surface area contributed by atoms with Gasteiger partial charge in [-0.3, -0.25) is 0 Å². The van der Waals surface area contributed by atoms with Gasteiger partial charge < -0.3 is 25.0 Å². The molecule has 1 aliphatic rings. The van der Waals surface area contributed by atoms with Gasteiger partial charge in [-0.25, -0.2) is 9.78 Å². The van der Waals surface area contributed by atoms with Crippen LogP contribution in [0.25, 0.3) is 0 Å². The number of urea groups is 1. The van der Waals surface area contributed by atoms with E-state index < -0.39 is 0 Å². The Morgan fingerprint density at radius 2 is 1.76 bits per heavy atom. The van der Waals surface area contributed by atoms with Crippen molar-refractivity contribution in [3.63, 3.8) is 0 Å². The summed E-state index contributed by atoms with van der Waals surface area (Å²) in [5.74, 6) is 0.381. The molecule has 29 heavy (non-hydrogen) atoms. The van der Waals surface area contributed by atoms with Crippen LogP contribution in [0, 0.1) is 20.8 Å². The van der Waals surface area contributed by atoms with Crippen LogP contribution >= 0.6 is 0 Å².